The summed E-state index contributed by atoms with van der Waals surface area (Å²) in [5.41, 5.74) is 0.997. The molecule has 0 bridgehead atoms. The first-order valence-electron chi connectivity index (χ1n) is 10.6. The van der Waals surface area contributed by atoms with Gasteiger partial charge in [-0.25, -0.2) is 4.79 Å². The molecule has 1 aliphatic rings. The highest BCUT2D eigenvalue weighted by molar-refractivity contribution is 5.78. The summed E-state index contributed by atoms with van der Waals surface area (Å²) in [7, 11) is 1.37. The van der Waals surface area contributed by atoms with Crippen LogP contribution in [0.4, 0.5) is 4.79 Å². The van der Waals surface area contributed by atoms with E-state index in [2.05, 4.69) is 0 Å². The topological polar surface area (TPSA) is 65.1 Å². The number of likely N-dealkylation sites (tertiary alicyclic amines) is 1. The predicted molar refractivity (Wildman–Crippen MR) is 117 cm³/mol. The second kappa shape index (κ2) is 10.4. The third kappa shape index (κ3) is 5.64. The molecule has 2 atom stereocenters. The van der Waals surface area contributed by atoms with Crippen LogP contribution in [0, 0.1) is 5.41 Å². The van der Waals surface area contributed by atoms with Crippen LogP contribution in [-0.2, 0) is 32.2 Å². The molecule has 166 valence electrons. The zero-order valence-corrected chi connectivity index (χ0v) is 18.5. The van der Waals surface area contributed by atoms with Crippen molar-refractivity contribution in [3.05, 3.63) is 71.8 Å². The Labute approximate surface area is 184 Å². The molecule has 1 amide bonds. The monoisotopic (exact) mass is 425 g/mol. The fourth-order valence-corrected chi connectivity index (χ4v) is 4.16. The maximum atomic E-state index is 13.1. The van der Waals surface area contributed by atoms with E-state index in [1.165, 1.54) is 7.11 Å². The molecule has 0 radical (unpaired) electrons. The maximum absolute atomic E-state index is 13.1. The number of amides is 1. The van der Waals surface area contributed by atoms with Crippen LogP contribution in [0.1, 0.15) is 37.8 Å². The van der Waals surface area contributed by atoms with E-state index in [9.17, 15) is 9.59 Å². The fraction of sp³-hybridized carbons (Fsp3) is 0.440. The van der Waals surface area contributed by atoms with Crippen molar-refractivity contribution < 1.29 is 23.8 Å². The molecule has 0 aliphatic carbocycles. The highest BCUT2D eigenvalue weighted by Gasteiger charge is 2.49. The molecule has 1 fully saturated rings. The van der Waals surface area contributed by atoms with Gasteiger partial charge in [-0.2, -0.15) is 0 Å². The van der Waals surface area contributed by atoms with Gasteiger partial charge in [0.15, 0.2) is 0 Å². The molecule has 0 aromatic heterocycles. The van der Waals surface area contributed by atoms with Crippen molar-refractivity contribution in [2.45, 2.75) is 52.0 Å². The molecule has 1 heterocycles. The SMILES string of the molecule is COC(=O)C(C)(C)[C@@H]1[C@@H](OCc2ccccc2)CCCN1C(=O)OCc1ccccc1. The zero-order valence-electron chi connectivity index (χ0n) is 18.5. The predicted octanol–water partition coefficient (Wildman–Crippen LogP) is 4.57. The molecular formula is C25H31NO5. The van der Waals surface area contributed by atoms with Gasteiger partial charge in [-0.3, -0.25) is 4.79 Å². The lowest BCUT2D eigenvalue weighted by molar-refractivity contribution is -0.162. The second-order valence-electron chi connectivity index (χ2n) is 8.37. The molecule has 3 rings (SSSR count). The van der Waals surface area contributed by atoms with E-state index in [1.807, 2.05) is 60.7 Å². The Morgan fingerprint density at radius 1 is 0.968 bits per heavy atom. The number of esters is 1. The number of carbonyl (C=O) groups excluding carboxylic acids is 2. The standard InChI is InChI=1S/C25H31NO5/c1-25(2,23(27)29-3)22-21(30-17-19-11-6-4-7-12-19)15-10-16-26(22)24(28)31-18-20-13-8-5-9-14-20/h4-9,11-14,21-22H,10,15-18H2,1-3H3/t21-,22-/m0/s1. The van der Waals surface area contributed by atoms with Gasteiger partial charge >= 0.3 is 12.1 Å². The summed E-state index contributed by atoms with van der Waals surface area (Å²) in [5.74, 6) is -0.381. The number of piperidine rings is 1. The fourth-order valence-electron chi connectivity index (χ4n) is 4.16. The molecule has 0 saturated carbocycles. The van der Waals surface area contributed by atoms with Crippen molar-refractivity contribution in [2.24, 2.45) is 5.41 Å². The summed E-state index contributed by atoms with van der Waals surface area (Å²) < 4.78 is 16.9. The Kier molecular flexibility index (Phi) is 7.69. The molecule has 6 heteroatoms. The Morgan fingerprint density at radius 3 is 2.13 bits per heavy atom. The number of nitrogens with zero attached hydrogens (tertiary/aromatic N) is 1. The van der Waals surface area contributed by atoms with Crippen molar-refractivity contribution in [2.75, 3.05) is 13.7 Å². The molecule has 1 aliphatic heterocycles. The number of hydrogen-bond donors (Lipinski definition) is 0. The van der Waals surface area contributed by atoms with Crippen molar-refractivity contribution >= 4 is 12.1 Å². The summed E-state index contributed by atoms with van der Waals surface area (Å²) in [6.45, 7) is 4.68. The maximum Gasteiger partial charge on any atom is 0.410 e. The zero-order chi connectivity index (χ0) is 22.3. The number of hydrogen-bond acceptors (Lipinski definition) is 5. The third-order valence-corrected chi connectivity index (χ3v) is 5.77. The molecule has 31 heavy (non-hydrogen) atoms. The Hall–Kier alpha value is -2.86. The van der Waals surface area contributed by atoms with Crippen LogP contribution >= 0.6 is 0 Å². The lowest BCUT2D eigenvalue weighted by atomic mass is 9.77. The van der Waals surface area contributed by atoms with Gasteiger partial charge < -0.3 is 19.1 Å². The molecule has 2 aromatic rings. The van der Waals surface area contributed by atoms with Crippen LogP contribution in [0.2, 0.25) is 0 Å². The van der Waals surface area contributed by atoms with Crippen LogP contribution in [-0.4, -0.2) is 42.8 Å². The average Bonchev–Trinajstić information content (AvgIpc) is 2.81. The minimum absolute atomic E-state index is 0.178. The quantitative estimate of drug-likeness (QED) is 0.608. The summed E-state index contributed by atoms with van der Waals surface area (Å²) >= 11 is 0. The smallest absolute Gasteiger partial charge is 0.410 e. The minimum atomic E-state index is -0.956. The highest BCUT2D eigenvalue weighted by atomic mass is 16.6. The first-order valence-corrected chi connectivity index (χ1v) is 10.6. The summed E-state index contributed by atoms with van der Waals surface area (Å²) in [5, 5.41) is 0. The van der Waals surface area contributed by atoms with Gasteiger partial charge in [0.25, 0.3) is 0 Å². The minimum Gasteiger partial charge on any atom is -0.469 e. The van der Waals surface area contributed by atoms with Crippen LogP contribution in [0.25, 0.3) is 0 Å². The van der Waals surface area contributed by atoms with Crippen LogP contribution < -0.4 is 0 Å². The van der Waals surface area contributed by atoms with Gasteiger partial charge in [0, 0.05) is 6.54 Å². The number of carbonyl (C=O) groups is 2. The summed E-state index contributed by atoms with van der Waals surface area (Å²) in [4.78, 5) is 27.3. The normalized spacial score (nSPS) is 19.0. The van der Waals surface area contributed by atoms with E-state index in [4.69, 9.17) is 14.2 Å². The van der Waals surface area contributed by atoms with Gasteiger partial charge in [0.2, 0.25) is 0 Å². The summed E-state index contributed by atoms with van der Waals surface area (Å²) in [6.07, 6.45) is 0.764. The second-order valence-corrected chi connectivity index (χ2v) is 8.37. The van der Waals surface area contributed by atoms with Gasteiger partial charge in [-0.15, -0.1) is 0 Å². The largest absolute Gasteiger partial charge is 0.469 e. The number of benzene rings is 2. The van der Waals surface area contributed by atoms with Crippen molar-refractivity contribution in [3.63, 3.8) is 0 Å². The van der Waals surface area contributed by atoms with Crippen molar-refractivity contribution in [3.8, 4) is 0 Å². The van der Waals surface area contributed by atoms with E-state index in [0.717, 1.165) is 24.0 Å². The van der Waals surface area contributed by atoms with Gasteiger partial charge in [-0.1, -0.05) is 60.7 Å². The van der Waals surface area contributed by atoms with Crippen molar-refractivity contribution in [1.82, 2.24) is 4.90 Å². The molecule has 0 N–H and O–H groups in total. The van der Waals surface area contributed by atoms with Crippen LogP contribution in [0.5, 0.6) is 0 Å². The van der Waals surface area contributed by atoms with Gasteiger partial charge in [0.1, 0.15) is 6.61 Å². The van der Waals surface area contributed by atoms with E-state index in [-0.39, 0.29) is 18.7 Å². The number of ether oxygens (including phenoxy) is 3. The van der Waals surface area contributed by atoms with Crippen LogP contribution in [0.3, 0.4) is 0 Å². The Bertz CT molecular complexity index is 853. The van der Waals surface area contributed by atoms with Crippen molar-refractivity contribution in [1.29, 1.82) is 0 Å². The lowest BCUT2D eigenvalue weighted by Crippen LogP contribution is -2.60. The number of methoxy groups -OCH3 is 1. The van der Waals surface area contributed by atoms with Gasteiger partial charge in [-0.05, 0) is 37.8 Å². The molecule has 6 nitrogen and oxygen atoms in total. The highest BCUT2D eigenvalue weighted by Crippen LogP contribution is 2.36. The van der Waals surface area contributed by atoms with E-state index >= 15 is 0 Å². The summed E-state index contributed by atoms with van der Waals surface area (Å²) in [6, 6.07) is 18.9. The average molecular weight is 426 g/mol. The van der Waals surface area contributed by atoms with Gasteiger partial charge in [0.05, 0.1) is 31.3 Å². The molecule has 0 spiro atoms. The third-order valence-electron chi connectivity index (χ3n) is 5.77. The molecular weight excluding hydrogens is 394 g/mol. The molecule has 0 unspecified atom stereocenters. The van der Waals surface area contributed by atoms with E-state index in [1.54, 1.807) is 18.7 Å². The first kappa shape index (κ1) is 22.8. The van der Waals surface area contributed by atoms with Crippen LogP contribution in [0.15, 0.2) is 60.7 Å². The Balaban J connectivity index is 1.78. The first-order chi connectivity index (χ1) is 14.9. The lowest BCUT2D eigenvalue weighted by Gasteiger charge is -2.46. The Morgan fingerprint density at radius 2 is 1.55 bits per heavy atom. The molecule has 2 aromatic carbocycles. The van der Waals surface area contributed by atoms with E-state index in [0.29, 0.717) is 13.2 Å². The van der Waals surface area contributed by atoms with E-state index < -0.39 is 17.6 Å². The molecule has 1 saturated heterocycles. The number of rotatable bonds is 7.